The first kappa shape index (κ1) is 86.9. The third-order valence-corrected chi connectivity index (χ3v) is 29.7. The Labute approximate surface area is 766 Å². The Bertz CT molecular complexity index is 6830. The van der Waals surface area contributed by atoms with Crippen LogP contribution in [0.4, 0.5) is 103 Å². The van der Waals surface area contributed by atoms with E-state index in [1.54, 1.807) is 72.8 Å². The van der Waals surface area contributed by atoms with Crippen LogP contribution < -0.4 is 30.0 Å². The van der Waals surface area contributed by atoms with Crippen molar-refractivity contribution in [3.05, 3.63) is 422 Å². The van der Waals surface area contributed by atoms with Crippen molar-refractivity contribution >= 4 is 159 Å². The Morgan fingerprint density at radius 3 is 0.598 bits per heavy atom. The zero-order chi connectivity index (χ0) is 92.1. The van der Waals surface area contributed by atoms with E-state index in [4.69, 9.17) is 0 Å². The summed E-state index contributed by atoms with van der Waals surface area (Å²) < 4.78 is 127. The van der Waals surface area contributed by atoms with Gasteiger partial charge in [0.05, 0.1) is 38.9 Å². The molecule has 652 valence electrons. The van der Waals surface area contributed by atoms with Gasteiger partial charge in [0.25, 0.3) is 0 Å². The molecule has 0 radical (unpaired) electrons. The van der Waals surface area contributed by atoms with E-state index in [0.717, 1.165) is 121 Å². The van der Waals surface area contributed by atoms with Gasteiger partial charge in [-0.1, -0.05) is 334 Å². The van der Waals surface area contributed by atoms with Gasteiger partial charge in [0.2, 0.25) is 0 Å². The van der Waals surface area contributed by atoms with Crippen LogP contribution in [0.2, 0.25) is 39.3 Å². The number of anilines is 12. The summed E-state index contributed by atoms with van der Waals surface area (Å²) in [6.45, 7) is 26.8. The molecular weight excluding hydrogens is 1680 g/mol. The fraction of sp³-hybridized carbons (Fsp3) is 0.119. The molecule has 14 heteroatoms. The highest BCUT2D eigenvalue weighted by Gasteiger charge is 2.32. The molecule has 4 nitrogen and oxygen atoms in total. The predicted molar refractivity (Wildman–Crippen MR) is 544 cm³/mol. The van der Waals surface area contributed by atoms with Gasteiger partial charge in [-0.25, -0.2) is 35.1 Å². The van der Waals surface area contributed by atoms with Gasteiger partial charge in [-0.2, -0.15) is 0 Å². The lowest BCUT2D eigenvalue weighted by Crippen LogP contribution is -2.37. The van der Waals surface area contributed by atoms with Crippen molar-refractivity contribution in [2.75, 3.05) is 19.6 Å². The molecule has 0 fully saturated rings. The molecule has 0 heterocycles. The molecule has 0 amide bonds. The summed E-state index contributed by atoms with van der Waals surface area (Å²) in [7, 11) is -3.36. The summed E-state index contributed by atoms with van der Waals surface area (Å²) in [5.74, 6) is -7.42. The van der Waals surface area contributed by atoms with E-state index in [-0.39, 0.29) is 33.1 Å². The Balaban J connectivity index is 0.000000170. The first-order valence-electron chi connectivity index (χ1n) is 44.5. The first-order chi connectivity index (χ1) is 63.3. The molecule has 0 saturated heterocycles. The molecule has 0 saturated carbocycles. The SMILES string of the molecule is CC(C)(C)c1ccc(N(c2cc(F)c(F)c(-c3ccccc3)c2)c2ccc3ccc4c(N(c5ccc(C(C)(C)C)cc5)c5cc(F)c(F)c(-c6ccccc6)c5)ccc5ccc2c3c54)cc1.C[Si](C)(C)c1ccc(N(c2cc(F)c(F)c(-c3ccccc3)c2)c2ccc3ccc4c(N(c5ccc([Si](C)(C)C)cc5)c5cc(F)c(F)c(-c6ccccc6)c5)ccc5ccc2c3c54)cc1. The lowest BCUT2D eigenvalue weighted by Gasteiger charge is -2.30. The van der Waals surface area contributed by atoms with Crippen LogP contribution in [0.3, 0.4) is 0 Å². The van der Waals surface area contributed by atoms with Crippen molar-refractivity contribution in [1.29, 1.82) is 0 Å². The molecule has 132 heavy (non-hydrogen) atoms. The molecule has 0 aliphatic carbocycles. The van der Waals surface area contributed by atoms with Gasteiger partial charge < -0.3 is 19.6 Å². The molecule has 20 aromatic carbocycles. The highest BCUT2D eigenvalue weighted by Crippen LogP contribution is 2.53. The molecule has 20 aromatic rings. The average molecular weight is 1780 g/mol. The quantitative estimate of drug-likeness (QED) is 0.0482. The maximum atomic E-state index is 16.0. The van der Waals surface area contributed by atoms with Crippen molar-refractivity contribution in [3.63, 3.8) is 0 Å². The summed E-state index contributed by atoms with van der Waals surface area (Å²) >= 11 is 0. The predicted octanol–water partition coefficient (Wildman–Crippen LogP) is 34.5. The number of nitrogens with zero attached hydrogens (tertiary/aromatic N) is 4. The van der Waals surface area contributed by atoms with Gasteiger partial charge in [0.15, 0.2) is 46.5 Å². The van der Waals surface area contributed by atoms with Crippen LogP contribution in [0.25, 0.3) is 109 Å². The summed E-state index contributed by atoms with van der Waals surface area (Å²) in [5.41, 5.74) is 13.2. The van der Waals surface area contributed by atoms with Gasteiger partial charge in [0, 0.05) is 114 Å². The molecule has 0 atom stereocenters. The number of benzene rings is 20. The van der Waals surface area contributed by atoms with E-state index in [1.165, 1.54) is 34.6 Å². The molecular formula is C118H96F8N4Si2. The van der Waals surface area contributed by atoms with Gasteiger partial charge in [-0.3, -0.25) is 0 Å². The summed E-state index contributed by atoms with van der Waals surface area (Å²) in [4.78, 5) is 8.05. The summed E-state index contributed by atoms with van der Waals surface area (Å²) in [6, 6.07) is 115. The van der Waals surface area contributed by atoms with Crippen molar-refractivity contribution in [3.8, 4) is 44.5 Å². The lowest BCUT2D eigenvalue weighted by atomic mass is 9.87. The van der Waals surface area contributed by atoms with E-state index >= 15 is 35.1 Å². The minimum atomic E-state index is -1.68. The standard InChI is InChI=1S/C60H48F4N2.C58H48F4N2Si2/c1-59(2,3)41-21-25-43(26-22-41)65(45-33-49(57(63)51(61)35-45)37-13-9-7-10-14-37)53-31-19-39-18-30-48-54(32-20-40-17-29-47(53)55(39)56(40)48)66(44-27-23-42(24-28-44)60(4,5)6)46-34-50(58(64)52(62)36-46)38-15-11-8-12-16-38;1-65(2,3)45-25-21-41(22-26-45)63(43-33-49(57(61)51(59)35-43)37-13-9-7-10-14-37)53-31-19-39-18-30-48-54(32-20-40-17-29-47(53)55(39)56(40)48)64(42-23-27-46(28-24-42)66(4,5)6)44-34-50(58(62)52(60)36-44)38-15-11-8-12-16-38/h2*7-36H,1-6H3. The van der Waals surface area contributed by atoms with Gasteiger partial charge in [0.1, 0.15) is 0 Å². The first-order valence-corrected chi connectivity index (χ1v) is 51.5. The maximum Gasteiger partial charge on any atom is 0.166 e. The van der Waals surface area contributed by atoms with Crippen molar-refractivity contribution in [2.24, 2.45) is 0 Å². The van der Waals surface area contributed by atoms with E-state index in [9.17, 15) is 0 Å². The van der Waals surface area contributed by atoms with Gasteiger partial charge in [-0.15, -0.1) is 0 Å². The summed E-state index contributed by atoms with van der Waals surface area (Å²) in [5, 5.41) is 14.1. The van der Waals surface area contributed by atoms with Crippen LogP contribution in [0.5, 0.6) is 0 Å². The zero-order valence-corrected chi connectivity index (χ0v) is 77.5. The molecule has 0 aliphatic heterocycles. The second-order valence-electron chi connectivity index (χ2n) is 38.3. The van der Waals surface area contributed by atoms with Crippen molar-refractivity contribution < 1.29 is 35.1 Å². The van der Waals surface area contributed by atoms with Crippen molar-refractivity contribution in [2.45, 2.75) is 91.7 Å². The molecule has 0 aromatic heterocycles. The average Bonchev–Trinajstić information content (AvgIpc) is 0.720. The topological polar surface area (TPSA) is 13.0 Å². The second kappa shape index (κ2) is 34.1. The van der Waals surface area contributed by atoms with Gasteiger partial charge >= 0.3 is 0 Å². The minimum absolute atomic E-state index is 0.109. The van der Waals surface area contributed by atoms with E-state index < -0.39 is 62.7 Å². The third kappa shape index (κ3) is 16.2. The Morgan fingerprint density at radius 1 is 0.205 bits per heavy atom. The smallest absolute Gasteiger partial charge is 0.166 e. The highest BCUT2D eigenvalue weighted by molar-refractivity contribution is 6.89. The number of hydrogen-bond donors (Lipinski definition) is 0. The Morgan fingerprint density at radius 2 is 0.402 bits per heavy atom. The second-order valence-corrected chi connectivity index (χ2v) is 48.5. The molecule has 0 spiro atoms. The molecule has 0 aliphatic rings. The normalized spacial score (nSPS) is 12.1. The van der Waals surface area contributed by atoms with E-state index in [2.05, 4.69) is 239 Å². The monoisotopic (exact) mass is 1780 g/mol. The van der Waals surface area contributed by atoms with Crippen LogP contribution in [-0.2, 0) is 10.8 Å². The van der Waals surface area contributed by atoms with Crippen molar-refractivity contribution in [1.82, 2.24) is 0 Å². The molecule has 20 rings (SSSR count). The fourth-order valence-corrected chi connectivity index (χ4v) is 20.9. The van der Waals surface area contributed by atoms with Crippen LogP contribution in [-0.4, -0.2) is 16.1 Å². The van der Waals surface area contributed by atoms with E-state index in [1.807, 2.05) is 129 Å². The van der Waals surface area contributed by atoms with Crippen LogP contribution in [0.1, 0.15) is 52.7 Å². The number of hydrogen-bond acceptors (Lipinski definition) is 4. The summed E-state index contributed by atoms with van der Waals surface area (Å²) in [6.07, 6.45) is 0. The van der Waals surface area contributed by atoms with E-state index in [0.29, 0.717) is 45.0 Å². The molecule has 0 N–H and O–H groups in total. The molecule has 0 unspecified atom stereocenters. The number of halogens is 8. The van der Waals surface area contributed by atoms with Crippen LogP contribution in [0, 0.1) is 46.5 Å². The third-order valence-electron chi connectivity index (χ3n) is 25.6. The van der Waals surface area contributed by atoms with Crippen LogP contribution >= 0.6 is 0 Å². The zero-order valence-electron chi connectivity index (χ0n) is 75.5. The lowest BCUT2D eigenvalue weighted by molar-refractivity contribution is 0.511. The Kier molecular flexibility index (Phi) is 22.5. The largest absolute Gasteiger partial charge is 0.310 e. The van der Waals surface area contributed by atoms with Crippen LogP contribution in [0.15, 0.2) is 364 Å². The minimum Gasteiger partial charge on any atom is -0.310 e. The van der Waals surface area contributed by atoms with Gasteiger partial charge in [-0.05, 0) is 184 Å². The molecule has 0 bridgehead atoms. The Hall–Kier alpha value is -14.4. The maximum absolute atomic E-state index is 16.0. The number of rotatable bonds is 18. The highest BCUT2D eigenvalue weighted by atomic mass is 28.3. The fourth-order valence-electron chi connectivity index (χ4n) is 18.6.